The number of hydrogen-bond acceptors (Lipinski definition) is 7. The molecule has 4 heterocycles. The lowest BCUT2D eigenvalue weighted by molar-refractivity contribution is -0.292. The van der Waals surface area contributed by atoms with Gasteiger partial charge < -0.3 is 33.2 Å². The fourth-order valence-corrected chi connectivity index (χ4v) is 5.10. The lowest BCUT2D eigenvalue weighted by Gasteiger charge is -2.44. The van der Waals surface area contributed by atoms with E-state index >= 15 is 0 Å². The van der Waals surface area contributed by atoms with E-state index in [0.717, 1.165) is 6.42 Å². The highest BCUT2D eigenvalue weighted by Crippen LogP contribution is 2.44. The highest BCUT2D eigenvalue weighted by atomic mass is 16.9. The molecule has 0 radical (unpaired) electrons. The van der Waals surface area contributed by atoms with Gasteiger partial charge in [0.05, 0.1) is 12.7 Å². The van der Waals surface area contributed by atoms with Crippen molar-refractivity contribution in [1.29, 1.82) is 0 Å². The second kappa shape index (κ2) is 7.69. The maximum Gasteiger partial charge on any atom is 0.190 e. The van der Waals surface area contributed by atoms with E-state index in [9.17, 15) is 0 Å². The van der Waals surface area contributed by atoms with Crippen molar-refractivity contribution in [2.75, 3.05) is 6.61 Å². The Morgan fingerprint density at radius 3 is 2.17 bits per heavy atom. The smallest absolute Gasteiger partial charge is 0.190 e. The zero-order chi connectivity index (χ0) is 21.1. The lowest BCUT2D eigenvalue weighted by atomic mass is 9.78. The fourth-order valence-electron chi connectivity index (χ4n) is 5.10. The van der Waals surface area contributed by atoms with Gasteiger partial charge >= 0.3 is 0 Å². The predicted octanol–water partition coefficient (Wildman–Crippen LogP) is 3.44. The van der Waals surface area contributed by atoms with Crippen LogP contribution in [0, 0.1) is 17.8 Å². The third kappa shape index (κ3) is 4.12. The molecule has 10 atom stereocenters. The van der Waals surface area contributed by atoms with Crippen molar-refractivity contribution in [3.63, 3.8) is 0 Å². The molecule has 29 heavy (non-hydrogen) atoms. The predicted molar refractivity (Wildman–Crippen MR) is 105 cm³/mol. The molecule has 0 aliphatic carbocycles. The van der Waals surface area contributed by atoms with Crippen LogP contribution >= 0.6 is 0 Å². The number of fused-ring (bicyclic) bond motifs is 1. The van der Waals surface area contributed by atoms with Crippen molar-refractivity contribution < 1.29 is 33.2 Å². The second-order valence-corrected chi connectivity index (χ2v) is 10.1. The summed E-state index contributed by atoms with van der Waals surface area (Å²) < 4.78 is 43.3. The van der Waals surface area contributed by atoms with Crippen molar-refractivity contribution in [2.24, 2.45) is 17.8 Å². The van der Waals surface area contributed by atoms with Gasteiger partial charge in [-0.15, -0.1) is 0 Å². The molecule has 0 aromatic rings. The Morgan fingerprint density at radius 1 is 0.828 bits per heavy atom. The molecule has 0 spiro atoms. The average Bonchev–Trinajstić information content (AvgIpc) is 3.25. The molecule has 0 amide bonds. The molecular formula is C22H38O7. The highest BCUT2D eigenvalue weighted by Gasteiger charge is 2.60. The van der Waals surface area contributed by atoms with Crippen molar-refractivity contribution in [3.05, 3.63) is 0 Å². The first-order chi connectivity index (χ1) is 13.5. The minimum Gasteiger partial charge on any atom is -0.349 e. The summed E-state index contributed by atoms with van der Waals surface area (Å²) in [6, 6.07) is 0. The summed E-state index contributed by atoms with van der Waals surface area (Å²) in [6.07, 6.45) is -0.905. The first-order valence-electron chi connectivity index (χ1n) is 11.1. The van der Waals surface area contributed by atoms with Crippen LogP contribution < -0.4 is 0 Å². The summed E-state index contributed by atoms with van der Waals surface area (Å²) in [4.78, 5) is 0. The topological polar surface area (TPSA) is 64.6 Å². The SMILES string of the molecule is CCC1O[C@@H](O[C@@H]2[C@H]3OC(C)(C)O[C@H]3O[C@@H]2C2COC(C)(C)O2)C(C)[C@@H](C)[C@H]1C. The minimum atomic E-state index is -0.707. The Labute approximate surface area is 174 Å². The molecule has 4 aliphatic rings. The second-order valence-electron chi connectivity index (χ2n) is 10.1. The van der Waals surface area contributed by atoms with Crippen LogP contribution in [0.2, 0.25) is 0 Å². The van der Waals surface area contributed by atoms with Gasteiger partial charge in [0, 0.05) is 5.92 Å². The van der Waals surface area contributed by atoms with Gasteiger partial charge in [0.2, 0.25) is 0 Å². The Morgan fingerprint density at radius 2 is 1.55 bits per heavy atom. The quantitative estimate of drug-likeness (QED) is 0.698. The molecule has 0 aromatic carbocycles. The van der Waals surface area contributed by atoms with Crippen molar-refractivity contribution in [2.45, 2.75) is 116 Å². The molecule has 7 heteroatoms. The molecule has 168 valence electrons. The van der Waals surface area contributed by atoms with Gasteiger partial charge in [-0.3, -0.25) is 0 Å². The molecule has 4 saturated heterocycles. The summed E-state index contributed by atoms with van der Waals surface area (Å²) in [6.45, 7) is 17.0. The van der Waals surface area contributed by atoms with E-state index in [1.54, 1.807) is 0 Å². The number of hydrogen-bond donors (Lipinski definition) is 0. The van der Waals surface area contributed by atoms with Gasteiger partial charge in [0.1, 0.15) is 24.4 Å². The number of rotatable bonds is 4. The van der Waals surface area contributed by atoms with E-state index in [2.05, 4.69) is 27.7 Å². The van der Waals surface area contributed by atoms with Gasteiger partial charge in [-0.1, -0.05) is 27.7 Å². The van der Waals surface area contributed by atoms with Crippen LogP contribution in [0.15, 0.2) is 0 Å². The van der Waals surface area contributed by atoms with E-state index in [1.807, 2.05) is 27.7 Å². The third-order valence-electron chi connectivity index (χ3n) is 7.10. The Kier molecular flexibility index (Phi) is 5.82. The van der Waals surface area contributed by atoms with Crippen LogP contribution in [0.3, 0.4) is 0 Å². The van der Waals surface area contributed by atoms with Gasteiger partial charge in [0.15, 0.2) is 24.2 Å². The van der Waals surface area contributed by atoms with Gasteiger partial charge in [-0.25, -0.2) is 0 Å². The summed E-state index contributed by atoms with van der Waals surface area (Å²) in [5.74, 6) is -0.0856. The summed E-state index contributed by atoms with van der Waals surface area (Å²) in [7, 11) is 0. The Bertz CT molecular complexity index is 592. The van der Waals surface area contributed by atoms with E-state index in [1.165, 1.54) is 0 Å². The molecular weight excluding hydrogens is 376 g/mol. The molecule has 0 saturated carbocycles. The average molecular weight is 415 g/mol. The molecule has 3 unspecified atom stereocenters. The van der Waals surface area contributed by atoms with Crippen molar-refractivity contribution >= 4 is 0 Å². The molecule has 0 N–H and O–H groups in total. The van der Waals surface area contributed by atoms with Gasteiger partial charge in [-0.05, 0) is 46.0 Å². The van der Waals surface area contributed by atoms with Crippen LogP contribution in [0.25, 0.3) is 0 Å². The molecule has 0 aromatic heterocycles. The highest BCUT2D eigenvalue weighted by molar-refractivity contribution is 4.99. The zero-order valence-electron chi connectivity index (χ0n) is 19.0. The van der Waals surface area contributed by atoms with Crippen molar-refractivity contribution in [3.8, 4) is 0 Å². The molecule has 7 nitrogen and oxygen atoms in total. The van der Waals surface area contributed by atoms with Crippen molar-refractivity contribution in [1.82, 2.24) is 0 Å². The van der Waals surface area contributed by atoms with Crippen LogP contribution in [-0.2, 0) is 33.2 Å². The Hall–Kier alpha value is -0.280. The van der Waals surface area contributed by atoms with Crippen LogP contribution in [0.5, 0.6) is 0 Å². The normalized spacial score (nSPS) is 51.3. The number of ether oxygens (including phenoxy) is 7. The fraction of sp³-hybridized carbons (Fsp3) is 1.00. The lowest BCUT2D eigenvalue weighted by Crippen LogP contribution is -2.51. The summed E-state index contributed by atoms with van der Waals surface area (Å²) in [5, 5.41) is 0. The standard InChI is InChI=1S/C22H38O7/c1-9-14-12(3)11(2)13(4)19(24-14)26-17-16(15-10-23-21(5,6)27-15)25-20-18(17)28-22(7,8)29-20/h11-20H,9-10H2,1-8H3/t11-,12+,13?,14?,15?,16+,17-,18+,19-,20+/m0/s1. The summed E-state index contributed by atoms with van der Waals surface area (Å²) in [5.41, 5.74) is 0. The summed E-state index contributed by atoms with van der Waals surface area (Å²) >= 11 is 0. The minimum absolute atomic E-state index is 0.185. The zero-order valence-corrected chi connectivity index (χ0v) is 19.0. The molecule has 4 fully saturated rings. The van der Waals surface area contributed by atoms with E-state index in [-0.39, 0.29) is 42.7 Å². The van der Waals surface area contributed by atoms with E-state index in [4.69, 9.17) is 33.2 Å². The molecule has 0 bridgehead atoms. The van der Waals surface area contributed by atoms with E-state index < -0.39 is 17.9 Å². The first kappa shape index (κ1) is 21.9. The van der Waals surface area contributed by atoms with Gasteiger partial charge in [-0.2, -0.15) is 0 Å². The maximum atomic E-state index is 6.63. The largest absolute Gasteiger partial charge is 0.349 e. The van der Waals surface area contributed by atoms with Crippen LogP contribution in [0.1, 0.15) is 61.8 Å². The Balaban J connectivity index is 1.54. The molecule has 4 aliphatic heterocycles. The van der Waals surface area contributed by atoms with E-state index in [0.29, 0.717) is 18.4 Å². The van der Waals surface area contributed by atoms with Crippen LogP contribution in [0.4, 0.5) is 0 Å². The monoisotopic (exact) mass is 414 g/mol. The third-order valence-corrected chi connectivity index (χ3v) is 7.10. The van der Waals surface area contributed by atoms with Crippen LogP contribution in [-0.4, -0.2) is 61.3 Å². The maximum absolute atomic E-state index is 6.63. The first-order valence-corrected chi connectivity index (χ1v) is 11.1. The van der Waals surface area contributed by atoms with Gasteiger partial charge in [0.25, 0.3) is 0 Å². The molecule has 4 rings (SSSR count).